The lowest BCUT2D eigenvalue weighted by molar-refractivity contribution is 0.0999. The van der Waals surface area contributed by atoms with Crippen LogP contribution in [0, 0.1) is 6.92 Å². The van der Waals surface area contributed by atoms with Crippen molar-refractivity contribution in [3.63, 3.8) is 0 Å². The molecule has 0 radical (unpaired) electrons. The number of aryl methyl sites for hydroxylation is 1. The van der Waals surface area contributed by atoms with E-state index in [2.05, 4.69) is 4.72 Å². The van der Waals surface area contributed by atoms with Gasteiger partial charge in [0.15, 0.2) is 0 Å². The first kappa shape index (κ1) is 17.6. The van der Waals surface area contributed by atoms with Crippen LogP contribution < -0.4 is 16.2 Å². The maximum atomic E-state index is 12.5. The third kappa shape index (κ3) is 3.81. The lowest BCUT2D eigenvalue weighted by Crippen LogP contribution is -2.52. The summed E-state index contributed by atoms with van der Waals surface area (Å²) in [6.45, 7) is 5.66. The maximum Gasteiger partial charge on any atom is 0.249 e. The molecule has 7 heteroatoms. The highest BCUT2D eigenvalue weighted by molar-refractivity contribution is 7.89. The van der Waals surface area contributed by atoms with Crippen LogP contribution in [0.25, 0.3) is 0 Å². The average Bonchev–Trinajstić information content (AvgIpc) is 2.44. The summed E-state index contributed by atoms with van der Waals surface area (Å²) in [5.41, 5.74) is 11.1. The molecule has 6 nitrogen and oxygen atoms in total. The van der Waals surface area contributed by atoms with E-state index in [0.29, 0.717) is 18.4 Å². The number of nitrogens with two attached hydrogens (primary N) is 2. The van der Waals surface area contributed by atoms with Gasteiger partial charge in [-0.15, -0.1) is 0 Å². The summed E-state index contributed by atoms with van der Waals surface area (Å²) in [6.07, 6.45) is 1.15. The third-order valence-corrected chi connectivity index (χ3v) is 5.46. The van der Waals surface area contributed by atoms with Gasteiger partial charge in [-0.05, 0) is 37.5 Å². The summed E-state index contributed by atoms with van der Waals surface area (Å²) >= 11 is 0. The van der Waals surface area contributed by atoms with Gasteiger partial charge in [0.25, 0.3) is 0 Å². The van der Waals surface area contributed by atoms with Crippen LogP contribution in [0.3, 0.4) is 0 Å². The molecule has 0 aliphatic carbocycles. The first-order valence-electron chi connectivity index (χ1n) is 6.86. The van der Waals surface area contributed by atoms with E-state index < -0.39 is 21.5 Å². The van der Waals surface area contributed by atoms with Gasteiger partial charge < -0.3 is 11.5 Å². The number of hydrogen-bond donors (Lipinski definition) is 3. The van der Waals surface area contributed by atoms with E-state index in [-0.39, 0.29) is 17.0 Å². The predicted molar refractivity (Wildman–Crippen MR) is 82.4 cm³/mol. The van der Waals surface area contributed by atoms with Crippen molar-refractivity contribution >= 4 is 15.9 Å². The molecule has 0 aliphatic heterocycles. The van der Waals surface area contributed by atoms with Gasteiger partial charge in [0.05, 0.1) is 4.90 Å². The summed E-state index contributed by atoms with van der Waals surface area (Å²) < 4.78 is 27.6. The molecule has 1 amide bonds. The van der Waals surface area contributed by atoms with Crippen molar-refractivity contribution in [2.75, 3.05) is 6.54 Å². The molecule has 1 aromatic rings. The second-order valence-electron chi connectivity index (χ2n) is 5.14. The number of benzene rings is 1. The SMILES string of the molecule is CCC(CC)(CN)NS(=O)(=O)c1ccc(C)c(C(N)=O)c1. The maximum absolute atomic E-state index is 12.5. The van der Waals surface area contributed by atoms with E-state index in [9.17, 15) is 13.2 Å². The van der Waals surface area contributed by atoms with Gasteiger partial charge in [-0.1, -0.05) is 19.9 Å². The van der Waals surface area contributed by atoms with Crippen LogP contribution in [-0.2, 0) is 10.0 Å². The Kier molecular flexibility index (Phi) is 5.49. The van der Waals surface area contributed by atoms with Crippen molar-refractivity contribution in [1.82, 2.24) is 4.72 Å². The van der Waals surface area contributed by atoms with E-state index in [1.54, 1.807) is 13.0 Å². The van der Waals surface area contributed by atoms with E-state index in [1.165, 1.54) is 12.1 Å². The van der Waals surface area contributed by atoms with Gasteiger partial charge in [-0.3, -0.25) is 4.79 Å². The van der Waals surface area contributed by atoms with Crippen molar-refractivity contribution in [3.05, 3.63) is 29.3 Å². The summed E-state index contributed by atoms with van der Waals surface area (Å²) in [7, 11) is -3.76. The first-order chi connectivity index (χ1) is 9.71. The Bertz CT molecular complexity index is 614. The monoisotopic (exact) mass is 313 g/mol. The molecule has 0 saturated carbocycles. The van der Waals surface area contributed by atoms with Crippen LogP contribution in [0.1, 0.15) is 42.6 Å². The topological polar surface area (TPSA) is 115 Å². The van der Waals surface area contributed by atoms with Crippen LogP contribution in [0.15, 0.2) is 23.1 Å². The fraction of sp³-hybridized carbons (Fsp3) is 0.500. The van der Waals surface area contributed by atoms with Gasteiger partial charge in [0, 0.05) is 17.6 Å². The number of carbonyl (C=O) groups excluding carboxylic acids is 1. The molecule has 21 heavy (non-hydrogen) atoms. The van der Waals surface area contributed by atoms with Crippen LogP contribution in [0.2, 0.25) is 0 Å². The van der Waals surface area contributed by atoms with Crippen LogP contribution in [-0.4, -0.2) is 26.4 Å². The van der Waals surface area contributed by atoms with Crippen LogP contribution in [0.5, 0.6) is 0 Å². The molecule has 0 heterocycles. The minimum atomic E-state index is -3.76. The Morgan fingerprint density at radius 2 is 1.86 bits per heavy atom. The lowest BCUT2D eigenvalue weighted by atomic mass is 9.95. The molecule has 5 N–H and O–H groups in total. The molecule has 1 rings (SSSR count). The Balaban J connectivity index is 3.26. The molecule has 0 saturated heterocycles. The van der Waals surface area contributed by atoms with E-state index in [0.717, 1.165) is 0 Å². The normalized spacial score (nSPS) is 12.4. The molecular weight excluding hydrogens is 290 g/mol. The Labute approximate surface area is 126 Å². The standard InChI is InChI=1S/C14H23N3O3S/c1-4-14(5-2,9-15)17-21(19,20)11-7-6-10(3)12(8-11)13(16)18/h6-8,17H,4-5,9,15H2,1-3H3,(H2,16,18). The molecule has 0 aromatic heterocycles. The Morgan fingerprint density at radius 3 is 2.29 bits per heavy atom. The van der Waals surface area contributed by atoms with Crippen molar-refractivity contribution in [2.24, 2.45) is 11.5 Å². The molecule has 118 valence electrons. The van der Waals surface area contributed by atoms with E-state index in [4.69, 9.17) is 11.5 Å². The minimum Gasteiger partial charge on any atom is -0.366 e. The van der Waals surface area contributed by atoms with Crippen LogP contribution >= 0.6 is 0 Å². The fourth-order valence-corrected chi connectivity index (χ4v) is 3.68. The molecule has 0 aliphatic rings. The number of carbonyl (C=O) groups is 1. The van der Waals surface area contributed by atoms with Crippen molar-refractivity contribution in [1.29, 1.82) is 0 Å². The summed E-state index contributed by atoms with van der Waals surface area (Å²) in [4.78, 5) is 11.4. The third-order valence-electron chi connectivity index (χ3n) is 3.88. The molecule has 0 spiro atoms. The molecule has 0 unspecified atom stereocenters. The number of primary amides is 1. The van der Waals surface area contributed by atoms with Crippen LogP contribution in [0.4, 0.5) is 0 Å². The Morgan fingerprint density at radius 1 is 1.29 bits per heavy atom. The number of sulfonamides is 1. The second-order valence-corrected chi connectivity index (χ2v) is 6.82. The molecule has 1 aromatic carbocycles. The smallest absolute Gasteiger partial charge is 0.249 e. The van der Waals surface area contributed by atoms with Gasteiger partial charge in [0.1, 0.15) is 0 Å². The summed E-state index contributed by atoms with van der Waals surface area (Å²) in [5.74, 6) is -0.652. The van der Waals surface area contributed by atoms with E-state index >= 15 is 0 Å². The predicted octanol–water partition coefficient (Wildman–Crippen LogP) is 0.890. The van der Waals surface area contributed by atoms with Gasteiger partial charge in [-0.2, -0.15) is 0 Å². The number of rotatable bonds is 7. The van der Waals surface area contributed by atoms with Crippen molar-refractivity contribution in [2.45, 2.75) is 44.0 Å². The van der Waals surface area contributed by atoms with E-state index in [1.807, 2.05) is 13.8 Å². The zero-order valence-corrected chi connectivity index (χ0v) is 13.5. The first-order valence-corrected chi connectivity index (χ1v) is 8.34. The fourth-order valence-electron chi connectivity index (χ4n) is 2.10. The second kappa shape index (κ2) is 6.55. The summed E-state index contributed by atoms with van der Waals surface area (Å²) in [5, 5.41) is 0. The molecule has 0 atom stereocenters. The zero-order valence-electron chi connectivity index (χ0n) is 12.6. The lowest BCUT2D eigenvalue weighted by Gasteiger charge is -2.31. The van der Waals surface area contributed by atoms with Crippen molar-refractivity contribution in [3.8, 4) is 0 Å². The molecule has 0 bridgehead atoms. The largest absolute Gasteiger partial charge is 0.366 e. The number of amides is 1. The van der Waals surface area contributed by atoms with Gasteiger partial charge in [-0.25, -0.2) is 13.1 Å². The molecular formula is C14H23N3O3S. The van der Waals surface area contributed by atoms with Crippen molar-refractivity contribution < 1.29 is 13.2 Å². The highest BCUT2D eigenvalue weighted by atomic mass is 32.2. The van der Waals surface area contributed by atoms with Gasteiger partial charge in [0.2, 0.25) is 15.9 Å². The Hall–Kier alpha value is -1.44. The molecule has 0 fully saturated rings. The van der Waals surface area contributed by atoms with Gasteiger partial charge >= 0.3 is 0 Å². The zero-order chi connectivity index (χ0) is 16.3. The summed E-state index contributed by atoms with van der Waals surface area (Å²) in [6, 6.07) is 4.32. The minimum absolute atomic E-state index is 0.0154. The number of hydrogen-bond acceptors (Lipinski definition) is 4. The number of nitrogens with one attached hydrogen (secondary N) is 1. The highest BCUT2D eigenvalue weighted by Crippen LogP contribution is 2.20. The highest BCUT2D eigenvalue weighted by Gasteiger charge is 2.31. The average molecular weight is 313 g/mol. The quantitative estimate of drug-likeness (QED) is 0.693.